The van der Waals surface area contributed by atoms with Crippen molar-refractivity contribution in [2.45, 2.75) is 13.0 Å². The van der Waals surface area contributed by atoms with Gasteiger partial charge in [0.05, 0.1) is 16.3 Å². The number of hydrogen-bond acceptors (Lipinski definition) is 5. The summed E-state index contributed by atoms with van der Waals surface area (Å²) in [4.78, 5) is 12.1. The van der Waals surface area contributed by atoms with Crippen LogP contribution in [0.5, 0.6) is 0 Å². The molecule has 0 saturated carbocycles. The first kappa shape index (κ1) is 12.8. The summed E-state index contributed by atoms with van der Waals surface area (Å²) in [5, 5.41) is 4.40. The molecule has 0 aliphatic carbocycles. The van der Waals surface area contributed by atoms with E-state index in [0.29, 0.717) is 5.28 Å². The summed E-state index contributed by atoms with van der Waals surface area (Å²) in [5.74, 6) is 0.894. The highest BCUT2D eigenvalue weighted by Crippen LogP contribution is 2.34. The zero-order chi connectivity index (χ0) is 13.4. The van der Waals surface area contributed by atoms with Crippen molar-refractivity contribution in [3.63, 3.8) is 0 Å². The van der Waals surface area contributed by atoms with Crippen LogP contribution in [0, 0.1) is 0 Å². The van der Waals surface area contributed by atoms with Crippen LogP contribution in [0.1, 0.15) is 17.8 Å². The number of nitrogens with zero attached hydrogens (tertiary/aromatic N) is 3. The molecule has 3 nitrogen and oxygen atoms in total. The van der Waals surface area contributed by atoms with E-state index < -0.39 is 0 Å². The maximum Gasteiger partial charge on any atom is 0.224 e. The molecule has 0 aliphatic heterocycles. The molecule has 1 unspecified atom stereocenters. The first-order chi connectivity index (χ1) is 9.16. The minimum Gasteiger partial charge on any atom is -0.351 e. The standard InChI is InChI=1S/C13H12ClN3S2/c1-8(10-4-3-6-18-10)17(2)12-11-9(5-7-19-11)15-13(14)16-12/h3-8H,1-2H3. The van der Waals surface area contributed by atoms with Crippen LogP contribution in [0.2, 0.25) is 5.28 Å². The maximum atomic E-state index is 6.01. The Morgan fingerprint density at radius 3 is 2.79 bits per heavy atom. The van der Waals surface area contributed by atoms with Crippen LogP contribution in [0.3, 0.4) is 0 Å². The normalized spacial score (nSPS) is 12.8. The lowest BCUT2D eigenvalue weighted by atomic mass is 10.2. The lowest BCUT2D eigenvalue weighted by molar-refractivity contribution is 0.745. The Labute approximate surface area is 124 Å². The smallest absolute Gasteiger partial charge is 0.224 e. The zero-order valence-corrected chi connectivity index (χ0v) is 12.9. The minimum absolute atomic E-state index is 0.260. The summed E-state index contributed by atoms with van der Waals surface area (Å²) in [6.45, 7) is 2.17. The Bertz CT molecular complexity index is 693. The molecule has 3 heterocycles. The molecule has 0 radical (unpaired) electrons. The van der Waals surface area contributed by atoms with E-state index in [1.54, 1.807) is 22.7 Å². The van der Waals surface area contributed by atoms with Crippen LogP contribution >= 0.6 is 34.3 Å². The van der Waals surface area contributed by atoms with E-state index in [9.17, 15) is 0 Å². The second-order valence-electron chi connectivity index (χ2n) is 4.25. The Kier molecular flexibility index (Phi) is 3.43. The van der Waals surface area contributed by atoms with Gasteiger partial charge in [-0.1, -0.05) is 6.07 Å². The van der Waals surface area contributed by atoms with Gasteiger partial charge in [-0.05, 0) is 41.4 Å². The first-order valence-corrected chi connectivity index (χ1v) is 7.97. The number of thiophene rings is 2. The van der Waals surface area contributed by atoms with E-state index >= 15 is 0 Å². The van der Waals surface area contributed by atoms with Crippen molar-refractivity contribution >= 4 is 50.3 Å². The van der Waals surface area contributed by atoms with Crippen LogP contribution in [-0.2, 0) is 0 Å². The van der Waals surface area contributed by atoms with E-state index in [2.05, 4.69) is 39.3 Å². The van der Waals surface area contributed by atoms with Crippen LogP contribution < -0.4 is 4.90 Å². The Hall–Kier alpha value is -1.17. The molecular weight excluding hydrogens is 298 g/mol. The number of anilines is 1. The monoisotopic (exact) mass is 309 g/mol. The SMILES string of the molecule is CC(c1cccs1)N(C)c1nc(Cl)nc2ccsc12. The molecule has 19 heavy (non-hydrogen) atoms. The van der Waals surface area contributed by atoms with E-state index in [4.69, 9.17) is 11.6 Å². The van der Waals surface area contributed by atoms with Crippen LogP contribution in [0.25, 0.3) is 10.2 Å². The minimum atomic E-state index is 0.260. The molecule has 0 spiro atoms. The van der Waals surface area contributed by atoms with Crippen molar-refractivity contribution < 1.29 is 0 Å². The average molecular weight is 310 g/mol. The Morgan fingerprint density at radius 1 is 1.21 bits per heavy atom. The fourth-order valence-corrected chi connectivity index (χ4v) is 3.82. The topological polar surface area (TPSA) is 29.0 Å². The first-order valence-electron chi connectivity index (χ1n) is 5.84. The zero-order valence-electron chi connectivity index (χ0n) is 10.5. The molecule has 0 aliphatic rings. The molecule has 1 atom stereocenters. The van der Waals surface area contributed by atoms with Gasteiger partial charge in [0.15, 0.2) is 5.82 Å². The van der Waals surface area contributed by atoms with Crippen LogP contribution in [0.15, 0.2) is 29.0 Å². The number of hydrogen-bond donors (Lipinski definition) is 0. The molecule has 0 aromatic carbocycles. The van der Waals surface area contributed by atoms with Crippen molar-refractivity contribution in [2.24, 2.45) is 0 Å². The van der Waals surface area contributed by atoms with Gasteiger partial charge < -0.3 is 4.90 Å². The van der Waals surface area contributed by atoms with Crippen molar-refractivity contribution in [1.29, 1.82) is 0 Å². The van der Waals surface area contributed by atoms with Gasteiger partial charge in [-0.3, -0.25) is 0 Å². The van der Waals surface area contributed by atoms with Crippen molar-refractivity contribution in [1.82, 2.24) is 9.97 Å². The fraction of sp³-hybridized carbons (Fsp3) is 0.231. The fourth-order valence-electron chi connectivity index (χ4n) is 1.96. The molecule has 0 N–H and O–H groups in total. The molecule has 6 heteroatoms. The van der Waals surface area contributed by atoms with Crippen molar-refractivity contribution in [3.05, 3.63) is 39.1 Å². The number of fused-ring (bicyclic) bond motifs is 1. The average Bonchev–Trinajstić information content (AvgIpc) is 3.06. The largest absolute Gasteiger partial charge is 0.351 e. The number of rotatable bonds is 3. The van der Waals surface area contributed by atoms with E-state index in [1.807, 2.05) is 18.5 Å². The molecule has 0 saturated heterocycles. The quantitative estimate of drug-likeness (QED) is 0.662. The van der Waals surface area contributed by atoms with Crippen LogP contribution in [0.4, 0.5) is 5.82 Å². The van der Waals surface area contributed by atoms with E-state index in [-0.39, 0.29) is 6.04 Å². The summed E-state index contributed by atoms with van der Waals surface area (Å²) < 4.78 is 1.08. The molecule has 3 rings (SSSR count). The van der Waals surface area contributed by atoms with Gasteiger partial charge in [-0.15, -0.1) is 22.7 Å². The summed E-state index contributed by atoms with van der Waals surface area (Å²) in [7, 11) is 2.04. The van der Waals surface area contributed by atoms with Gasteiger partial charge in [-0.2, -0.15) is 4.98 Å². The highest BCUT2D eigenvalue weighted by Gasteiger charge is 2.18. The van der Waals surface area contributed by atoms with Crippen LogP contribution in [-0.4, -0.2) is 17.0 Å². The molecule has 3 aromatic rings. The predicted molar refractivity (Wildman–Crippen MR) is 83.6 cm³/mol. The van der Waals surface area contributed by atoms with Gasteiger partial charge in [0.2, 0.25) is 5.28 Å². The Balaban J connectivity index is 2.06. The van der Waals surface area contributed by atoms with E-state index in [0.717, 1.165) is 16.0 Å². The lowest BCUT2D eigenvalue weighted by Gasteiger charge is -2.25. The summed E-state index contributed by atoms with van der Waals surface area (Å²) >= 11 is 9.41. The second-order valence-corrected chi connectivity index (χ2v) is 6.49. The Morgan fingerprint density at radius 2 is 2.05 bits per heavy atom. The summed E-state index contributed by atoms with van der Waals surface area (Å²) in [6.07, 6.45) is 0. The van der Waals surface area contributed by atoms with Gasteiger partial charge in [0.25, 0.3) is 0 Å². The highest BCUT2D eigenvalue weighted by molar-refractivity contribution is 7.17. The third kappa shape index (κ3) is 2.33. The molecule has 0 amide bonds. The van der Waals surface area contributed by atoms with Crippen molar-refractivity contribution in [2.75, 3.05) is 11.9 Å². The summed E-state index contributed by atoms with van der Waals surface area (Å²) in [5.41, 5.74) is 0.908. The molecule has 0 fully saturated rings. The molecule has 98 valence electrons. The third-order valence-electron chi connectivity index (χ3n) is 3.13. The van der Waals surface area contributed by atoms with Gasteiger partial charge >= 0.3 is 0 Å². The maximum absolute atomic E-state index is 6.01. The van der Waals surface area contributed by atoms with Gasteiger partial charge in [0.1, 0.15) is 0 Å². The van der Waals surface area contributed by atoms with E-state index in [1.165, 1.54) is 4.88 Å². The second kappa shape index (κ2) is 5.07. The molecule has 3 aromatic heterocycles. The van der Waals surface area contributed by atoms with Gasteiger partial charge in [-0.25, -0.2) is 4.98 Å². The van der Waals surface area contributed by atoms with Crippen molar-refractivity contribution in [3.8, 4) is 0 Å². The third-order valence-corrected chi connectivity index (χ3v) is 5.24. The molecule has 0 bridgehead atoms. The highest BCUT2D eigenvalue weighted by atomic mass is 35.5. The predicted octanol–water partition coefficient (Wildman–Crippen LogP) is 4.60. The lowest BCUT2D eigenvalue weighted by Crippen LogP contribution is -2.22. The summed E-state index contributed by atoms with van der Waals surface area (Å²) in [6, 6.07) is 6.44. The number of halogens is 1. The van der Waals surface area contributed by atoms with Gasteiger partial charge in [0, 0.05) is 11.9 Å². The molecular formula is C13H12ClN3S2. The number of aromatic nitrogens is 2.